The molecule has 1 fully saturated rings. The van der Waals surface area contributed by atoms with Crippen molar-refractivity contribution >= 4 is 41.0 Å². The fraction of sp³-hybridized carbons (Fsp3) is 0.576. The van der Waals surface area contributed by atoms with Crippen LogP contribution in [-0.4, -0.2) is 92.1 Å². The largest absolute Gasteiger partial charge is 0.508 e. The number of aliphatic hydroxyl groups is 3. The first kappa shape index (κ1) is 34.5. The van der Waals surface area contributed by atoms with Crippen LogP contribution < -0.4 is 5.73 Å². The minimum atomic E-state index is -2.97. The van der Waals surface area contributed by atoms with Crippen LogP contribution in [0.25, 0.3) is 5.76 Å². The number of phenols is 1. The number of nitrogens with zero attached hydrogens (tertiary/aromatic N) is 1. The molecule has 0 heterocycles. The van der Waals surface area contributed by atoms with Crippen molar-refractivity contribution in [1.82, 2.24) is 4.90 Å². The predicted octanol–water partition coefficient (Wildman–Crippen LogP) is 3.12. The fourth-order valence-electron chi connectivity index (χ4n) is 7.07. The minimum absolute atomic E-state index is 0.00903. The molecule has 6 N–H and O–H groups in total. The van der Waals surface area contributed by atoms with Crippen molar-refractivity contribution in [2.75, 3.05) is 25.6 Å². The molecule has 6 atom stereocenters. The summed E-state index contributed by atoms with van der Waals surface area (Å²) in [5.41, 5.74) is 1.64. The van der Waals surface area contributed by atoms with Crippen molar-refractivity contribution in [2.24, 2.45) is 23.5 Å². The number of Topliss-reactive ketones (excluding diaryl/α,β-unsaturated/α-hetero) is 2. The topological polar surface area (TPSA) is 188 Å². The molecular formula is C33H44N2O9S. The maximum atomic E-state index is 14.6. The van der Waals surface area contributed by atoms with E-state index in [0.29, 0.717) is 22.8 Å². The van der Waals surface area contributed by atoms with E-state index in [9.17, 15) is 39.6 Å². The van der Waals surface area contributed by atoms with Gasteiger partial charge in [0.05, 0.1) is 17.5 Å². The second-order valence-corrected chi connectivity index (χ2v) is 15.0. The number of aromatic hydroxyl groups is 1. The first-order valence-electron chi connectivity index (χ1n) is 15.0. The van der Waals surface area contributed by atoms with E-state index in [-0.39, 0.29) is 16.9 Å². The quantitative estimate of drug-likeness (QED) is 0.159. The summed E-state index contributed by atoms with van der Waals surface area (Å²) >= 11 is 1.59. The zero-order valence-corrected chi connectivity index (χ0v) is 27.8. The van der Waals surface area contributed by atoms with Gasteiger partial charge in [-0.3, -0.25) is 24.1 Å². The number of aliphatic hydroxyl groups excluding tert-OH is 2. The molecule has 0 aromatic heterocycles. The van der Waals surface area contributed by atoms with E-state index in [2.05, 4.69) is 13.8 Å². The van der Waals surface area contributed by atoms with Crippen LogP contribution in [0, 0.1) is 17.8 Å². The molecule has 4 rings (SSSR count). The molecule has 0 aliphatic heterocycles. The number of nitrogens with two attached hydrogens (primary N) is 1. The van der Waals surface area contributed by atoms with Gasteiger partial charge < -0.3 is 30.9 Å². The van der Waals surface area contributed by atoms with E-state index in [1.54, 1.807) is 23.9 Å². The highest BCUT2D eigenvalue weighted by atomic mass is 32.2. The number of benzene rings is 1. The predicted molar refractivity (Wildman–Crippen MR) is 170 cm³/mol. The maximum Gasteiger partial charge on any atom is 0.302 e. The number of likely N-dealkylation sites (N-methyl/N-ethyl adjacent to an activating group) is 1. The summed E-state index contributed by atoms with van der Waals surface area (Å²) in [5.74, 6) is -8.11. The van der Waals surface area contributed by atoms with E-state index in [4.69, 9.17) is 10.5 Å². The molecule has 3 aliphatic rings. The standard InChI is InChI=1S/C33H44N2O9S/c1-14(2)11-12-45-13-17-16-9-10-18(32(4,5)6)25(37)20(16)26(38)21-19(17)28(44-15(3)36)23-24(35(7)8)27(39)22(31(34)42)30(41)33(23,43)29(21)40/h9-10,14,17,19,23-24,28,37-38,41,43H,11-13H2,1-8H3,(H2,34,42)/t17-,19+,23+,24-,28-,33-/m0/s1. The van der Waals surface area contributed by atoms with Crippen LogP contribution in [0.4, 0.5) is 0 Å². The van der Waals surface area contributed by atoms with Crippen LogP contribution >= 0.6 is 11.8 Å². The number of ketones is 2. The first-order valence-corrected chi connectivity index (χ1v) is 16.2. The Morgan fingerprint density at radius 3 is 2.27 bits per heavy atom. The summed E-state index contributed by atoms with van der Waals surface area (Å²) in [6.07, 6.45) is -0.527. The molecule has 3 aliphatic carbocycles. The van der Waals surface area contributed by atoms with Gasteiger partial charge in [-0.15, -0.1) is 0 Å². The summed E-state index contributed by atoms with van der Waals surface area (Å²) < 4.78 is 5.87. The zero-order chi connectivity index (χ0) is 33.9. The fourth-order valence-corrected chi connectivity index (χ4v) is 8.52. The average Bonchev–Trinajstić information content (AvgIpc) is 2.90. The van der Waals surface area contributed by atoms with Crippen LogP contribution in [0.1, 0.15) is 70.6 Å². The third-order valence-electron chi connectivity index (χ3n) is 9.15. The van der Waals surface area contributed by atoms with Crippen LogP contribution in [0.5, 0.6) is 5.75 Å². The summed E-state index contributed by atoms with van der Waals surface area (Å²) in [5, 5.41) is 47.0. The molecule has 1 aromatic rings. The number of thioether (sulfide) groups is 1. The molecule has 45 heavy (non-hydrogen) atoms. The number of fused-ring (bicyclic) bond motifs is 3. The van der Waals surface area contributed by atoms with Crippen molar-refractivity contribution < 1.29 is 44.3 Å². The number of carbonyl (C=O) groups excluding carboxylic acids is 4. The first-order chi connectivity index (χ1) is 20.8. The molecule has 0 saturated heterocycles. The van der Waals surface area contributed by atoms with Gasteiger partial charge in [0, 0.05) is 35.6 Å². The Morgan fingerprint density at radius 2 is 1.76 bits per heavy atom. The lowest BCUT2D eigenvalue weighted by atomic mass is 9.54. The highest BCUT2D eigenvalue weighted by Crippen LogP contribution is 2.58. The normalized spacial score (nSPS) is 28.3. The van der Waals surface area contributed by atoms with Gasteiger partial charge in [0.25, 0.3) is 5.91 Å². The van der Waals surface area contributed by atoms with E-state index in [1.165, 1.54) is 19.0 Å². The number of carbonyl (C=O) groups is 4. The van der Waals surface area contributed by atoms with Gasteiger partial charge in [-0.2, -0.15) is 11.8 Å². The maximum absolute atomic E-state index is 14.6. The van der Waals surface area contributed by atoms with Crippen LogP contribution in [0.3, 0.4) is 0 Å². The Morgan fingerprint density at radius 1 is 1.13 bits per heavy atom. The minimum Gasteiger partial charge on any atom is -0.508 e. The molecule has 1 aromatic carbocycles. The number of phenolic OH excluding ortho intramolecular Hbond substituents is 1. The number of esters is 1. The summed E-state index contributed by atoms with van der Waals surface area (Å²) in [6.45, 7) is 11.0. The Labute approximate surface area is 267 Å². The highest BCUT2D eigenvalue weighted by Gasteiger charge is 2.69. The van der Waals surface area contributed by atoms with Gasteiger partial charge in [-0.25, -0.2) is 0 Å². The van der Waals surface area contributed by atoms with Crippen LogP contribution in [0.2, 0.25) is 0 Å². The molecule has 12 heteroatoms. The van der Waals surface area contributed by atoms with E-state index in [1.807, 2.05) is 20.8 Å². The number of rotatable bonds is 8. The Balaban J connectivity index is 2.10. The zero-order valence-electron chi connectivity index (χ0n) is 27.0. The lowest BCUT2D eigenvalue weighted by Crippen LogP contribution is -2.71. The Hall–Kier alpha value is -3.35. The van der Waals surface area contributed by atoms with E-state index in [0.717, 1.165) is 19.1 Å². The van der Waals surface area contributed by atoms with Crippen molar-refractivity contribution in [3.63, 3.8) is 0 Å². The molecule has 246 valence electrons. The number of hydrogen-bond donors (Lipinski definition) is 5. The van der Waals surface area contributed by atoms with Crippen LogP contribution in [-0.2, 0) is 29.3 Å². The van der Waals surface area contributed by atoms with Gasteiger partial charge in [-0.1, -0.05) is 46.8 Å². The lowest BCUT2D eigenvalue weighted by molar-refractivity contribution is -0.184. The van der Waals surface area contributed by atoms with Crippen molar-refractivity contribution in [1.29, 1.82) is 0 Å². The van der Waals surface area contributed by atoms with Crippen molar-refractivity contribution in [3.05, 3.63) is 45.7 Å². The number of primary amides is 1. The molecule has 1 amide bonds. The lowest BCUT2D eigenvalue weighted by Gasteiger charge is -2.54. The third-order valence-corrected chi connectivity index (χ3v) is 10.3. The molecule has 1 saturated carbocycles. The second-order valence-electron chi connectivity index (χ2n) is 13.9. The van der Waals surface area contributed by atoms with Gasteiger partial charge in [0.1, 0.15) is 28.9 Å². The molecule has 0 unspecified atom stereocenters. The van der Waals surface area contributed by atoms with Crippen LogP contribution in [0.15, 0.2) is 29.0 Å². The SMILES string of the molecule is CC(=O)O[C@H]1[C@H]2C(=C(O)c3c(ccc(C(C)(C)C)c3O)[C@@H]2CSCCC(C)C)C(=O)[C@]2(O)C(O)=C(C(N)=O)C(=O)[C@@H](N(C)C)[C@H]12. The van der Waals surface area contributed by atoms with Crippen molar-refractivity contribution in [3.8, 4) is 5.75 Å². The van der Waals surface area contributed by atoms with Crippen molar-refractivity contribution in [2.45, 2.75) is 77.0 Å². The molecule has 0 radical (unpaired) electrons. The summed E-state index contributed by atoms with van der Waals surface area (Å²) in [4.78, 5) is 54.8. The summed E-state index contributed by atoms with van der Waals surface area (Å²) in [7, 11) is 2.98. The molecule has 11 nitrogen and oxygen atoms in total. The number of amides is 1. The summed E-state index contributed by atoms with van der Waals surface area (Å²) in [6, 6.07) is 2.13. The van der Waals surface area contributed by atoms with E-state index < -0.39 is 81.4 Å². The third kappa shape index (κ3) is 5.54. The average molecular weight is 645 g/mol. The number of hydrogen-bond acceptors (Lipinski definition) is 11. The Kier molecular flexibility index (Phi) is 9.29. The van der Waals surface area contributed by atoms with Gasteiger partial charge >= 0.3 is 5.97 Å². The van der Waals surface area contributed by atoms with Gasteiger partial charge in [-0.05, 0) is 43.2 Å². The smallest absolute Gasteiger partial charge is 0.302 e. The van der Waals surface area contributed by atoms with Gasteiger partial charge in [0.2, 0.25) is 5.78 Å². The highest BCUT2D eigenvalue weighted by molar-refractivity contribution is 7.99. The second kappa shape index (κ2) is 12.1. The Bertz CT molecular complexity index is 1510. The molecule has 0 spiro atoms. The molecule has 0 bridgehead atoms. The van der Waals surface area contributed by atoms with Gasteiger partial charge in [0.15, 0.2) is 11.4 Å². The molecular weight excluding hydrogens is 600 g/mol. The van der Waals surface area contributed by atoms with E-state index >= 15 is 0 Å². The number of ether oxygens (including phenoxy) is 1. The monoisotopic (exact) mass is 644 g/mol.